The van der Waals surface area contributed by atoms with Crippen LogP contribution in [-0.2, 0) is 25.6 Å². The molecular weight excluding hydrogens is 718 g/mol. The van der Waals surface area contributed by atoms with Crippen molar-refractivity contribution in [2.45, 2.75) is 12.5 Å². The average molecular weight is 742 g/mol. The number of hydrogen-bond acceptors (Lipinski definition) is 8. The van der Waals surface area contributed by atoms with Gasteiger partial charge in [0.15, 0.2) is 5.75 Å². The van der Waals surface area contributed by atoms with Gasteiger partial charge in [-0.15, -0.1) is 0 Å². The van der Waals surface area contributed by atoms with Gasteiger partial charge in [0, 0.05) is 13.1 Å². The first-order chi connectivity index (χ1) is 17.3. The minimum Gasteiger partial charge on any atom is -0.508 e. The smallest absolute Gasteiger partial charge is 0.321 e. The normalized spacial score (nSPS) is 11.9. The van der Waals surface area contributed by atoms with Crippen molar-refractivity contribution in [3.05, 3.63) is 49.1 Å². The van der Waals surface area contributed by atoms with Gasteiger partial charge in [0.25, 0.3) is 0 Å². The second kappa shape index (κ2) is 14.3. The molecule has 0 saturated heterocycles. The van der Waals surface area contributed by atoms with E-state index in [1.165, 1.54) is 17.0 Å². The van der Waals surface area contributed by atoms with Crippen molar-refractivity contribution < 1.29 is 49.4 Å². The lowest BCUT2D eigenvalue weighted by Crippen LogP contribution is -2.49. The number of carboxylic acids is 4. The Bertz CT molecular complexity index is 1100. The van der Waals surface area contributed by atoms with E-state index in [1.54, 1.807) is 24.3 Å². The molecule has 0 aromatic heterocycles. The van der Waals surface area contributed by atoms with Gasteiger partial charge < -0.3 is 30.3 Å². The molecule has 0 bridgehead atoms. The van der Waals surface area contributed by atoms with Crippen molar-refractivity contribution in [3.63, 3.8) is 0 Å². The topological polar surface area (TPSA) is 185 Å². The van der Waals surface area contributed by atoms with E-state index in [9.17, 15) is 34.5 Å². The van der Waals surface area contributed by atoms with Gasteiger partial charge in [-0.25, -0.2) is 0 Å². The molecule has 0 amide bonds. The lowest BCUT2D eigenvalue weighted by molar-refractivity contribution is -0.148. The van der Waals surface area contributed by atoms with Crippen LogP contribution in [0.4, 0.5) is 0 Å². The Morgan fingerprint density at radius 3 is 1.78 bits per heavy atom. The molecule has 12 nitrogen and oxygen atoms in total. The summed E-state index contributed by atoms with van der Waals surface area (Å²) in [7, 11) is 0. The third-order valence-electron chi connectivity index (χ3n) is 5.03. The Kier molecular flexibility index (Phi) is 11.8. The summed E-state index contributed by atoms with van der Waals surface area (Å²) < 4.78 is 7.25. The second-order valence-corrected chi connectivity index (χ2v) is 10.2. The van der Waals surface area contributed by atoms with Gasteiger partial charge in [0.2, 0.25) is 0 Å². The van der Waals surface area contributed by atoms with Gasteiger partial charge in [-0.1, -0.05) is 0 Å². The van der Waals surface area contributed by atoms with Crippen LogP contribution in [0, 0.1) is 7.14 Å². The summed E-state index contributed by atoms with van der Waals surface area (Å²) in [6, 6.07) is 8.30. The van der Waals surface area contributed by atoms with E-state index in [4.69, 9.17) is 14.9 Å². The number of aromatic hydroxyl groups is 1. The number of phenolic OH excluding ortho intramolecular Hbond substituents is 1. The Morgan fingerprint density at radius 2 is 1.32 bits per heavy atom. The number of aliphatic carboxylic acids is 4. The zero-order chi connectivity index (χ0) is 27.7. The monoisotopic (exact) mass is 742 g/mol. The van der Waals surface area contributed by atoms with E-state index < -0.39 is 49.6 Å². The minimum atomic E-state index is -1.28. The van der Waals surface area contributed by atoms with E-state index >= 15 is 0 Å². The van der Waals surface area contributed by atoms with Crippen molar-refractivity contribution >= 4 is 69.1 Å². The molecule has 2 rings (SSSR count). The molecule has 0 spiro atoms. The van der Waals surface area contributed by atoms with Crippen LogP contribution in [0.25, 0.3) is 0 Å². The summed E-state index contributed by atoms with van der Waals surface area (Å²) in [6.45, 7) is -2.17. The summed E-state index contributed by atoms with van der Waals surface area (Å²) >= 11 is 4.08. The number of nitrogens with zero attached hydrogens (tertiary/aromatic N) is 2. The first kappa shape index (κ1) is 30.5. The Hall–Kier alpha value is -2.70. The van der Waals surface area contributed by atoms with E-state index in [1.807, 2.05) is 45.2 Å². The summed E-state index contributed by atoms with van der Waals surface area (Å²) in [5, 5.41) is 46.7. The molecule has 0 radical (unpaired) electrons. The molecule has 0 aliphatic heterocycles. The summed E-state index contributed by atoms with van der Waals surface area (Å²) in [5.74, 6) is -3.98. The first-order valence-corrected chi connectivity index (χ1v) is 12.8. The molecule has 0 aliphatic carbocycles. The van der Waals surface area contributed by atoms with E-state index in [0.717, 1.165) is 4.90 Å². The van der Waals surface area contributed by atoms with Gasteiger partial charge in [0.1, 0.15) is 17.5 Å². The van der Waals surface area contributed by atoms with Gasteiger partial charge in [-0.2, -0.15) is 0 Å². The second-order valence-electron chi connectivity index (χ2n) is 7.91. The van der Waals surface area contributed by atoms with Crippen molar-refractivity contribution in [1.82, 2.24) is 9.80 Å². The van der Waals surface area contributed by atoms with E-state index in [2.05, 4.69) is 0 Å². The lowest BCUT2D eigenvalue weighted by Gasteiger charge is -2.30. The van der Waals surface area contributed by atoms with Crippen LogP contribution in [0.1, 0.15) is 5.56 Å². The summed E-state index contributed by atoms with van der Waals surface area (Å²) in [4.78, 5) is 48.0. The summed E-state index contributed by atoms with van der Waals surface area (Å²) in [5.41, 5.74) is 0.600. The number of phenols is 1. The summed E-state index contributed by atoms with van der Waals surface area (Å²) in [6.07, 6.45) is -0.0635. The Morgan fingerprint density at radius 1 is 0.811 bits per heavy atom. The molecule has 2 aromatic rings. The average Bonchev–Trinajstić information content (AvgIpc) is 2.77. The number of hydrogen-bond donors (Lipinski definition) is 5. The molecule has 0 fully saturated rings. The highest BCUT2D eigenvalue weighted by Gasteiger charge is 2.29. The van der Waals surface area contributed by atoms with Crippen LogP contribution in [0.2, 0.25) is 0 Å². The first-order valence-electron chi connectivity index (χ1n) is 10.6. The molecule has 200 valence electrons. The zero-order valence-electron chi connectivity index (χ0n) is 19.2. The van der Waals surface area contributed by atoms with E-state index in [0.29, 0.717) is 24.2 Å². The maximum absolute atomic E-state index is 12.1. The van der Waals surface area contributed by atoms with Gasteiger partial charge in [0.05, 0.1) is 26.8 Å². The number of rotatable bonds is 15. The van der Waals surface area contributed by atoms with Crippen LogP contribution in [0.15, 0.2) is 36.4 Å². The number of carbonyl (C=O) groups is 4. The maximum atomic E-state index is 12.1. The quantitative estimate of drug-likeness (QED) is 0.168. The van der Waals surface area contributed by atoms with Crippen LogP contribution in [0.5, 0.6) is 17.2 Å². The standard InChI is InChI=1S/C23H24I2N2O10/c24-16-7-13(8-17(25)22(16)37-15-3-1-14(28)2-4-15)9-18(23(35)36)27(12-21(33)34)6-5-26(10-19(29)30)11-20(31)32/h1-4,7-8,18,28H,5-6,9-12H2,(H,29,30)(H,31,32)(H,33,34)(H,35,36). The maximum Gasteiger partial charge on any atom is 0.321 e. The molecule has 37 heavy (non-hydrogen) atoms. The van der Waals surface area contributed by atoms with Crippen LogP contribution >= 0.6 is 45.2 Å². The fourth-order valence-electron chi connectivity index (χ4n) is 3.44. The van der Waals surface area contributed by atoms with Gasteiger partial charge in [-0.3, -0.25) is 29.0 Å². The SMILES string of the molecule is O=C(O)CN(CCN(CC(=O)O)C(Cc1cc(I)c(Oc2ccc(O)cc2)c(I)c1)C(=O)O)CC(=O)O. The lowest BCUT2D eigenvalue weighted by atomic mass is 10.0. The van der Waals surface area contributed by atoms with Crippen LogP contribution < -0.4 is 4.74 Å². The zero-order valence-corrected chi connectivity index (χ0v) is 23.5. The van der Waals surface area contributed by atoms with Crippen molar-refractivity contribution in [3.8, 4) is 17.2 Å². The fraction of sp³-hybridized carbons (Fsp3) is 0.304. The third kappa shape index (κ3) is 10.3. The molecule has 14 heteroatoms. The predicted octanol–water partition coefficient (Wildman–Crippen LogP) is 2.25. The molecule has 2 aromatic carbocycles. The highest BCUT2D eigenvalue weighted by Crippen LogP contribution is 2.34. The third-order valence-corrected chi connectivity index (χ3v) is 6.63. The molecular formula is C23H24I2N2O10. The Balaban J connectivity index is 2.25. The molecule has 0 saturated carbocycles. The highest BCUT2D eigenvalue weighted by molar-refractivity contribution is 14.1. The molecule has 0 heterocycles. The predicted molar refractivity (Wildman–Crippen MR) is 146 cm³/mol. The number of benzene rings is 2. The highest BCUT2D eigenvalue weighted by atomic mass is 127. The number of ether oxygens (including phenoxy) is 1. The largest absolute Gasteiger partial charge is 0.508 e. The van der Waals surface area contributed by atoms with E-state index in [-0.39, 0.29) is 25.3 Å². The Labute approximate surface area is 238 Å². The van der Waals surface area contributed by atoms with Crippen LogP contribution in [-0.4, -0.2) is 98.0 Å². The molecule has 0 aliphatic rings. The number of carboxylic acid groups (broad SMARTS) is 4. The van der Waals surface area contributed by atoms with Crippen LogP contribution in [0.3, 0.4) is 0 Å². The van der Waals surface area contributed by atoms with Crippen molar-refractivity contribution in [1.29, 1.82) is 0 Å². The van der Waals surface area contributed by atoms with Gasteiger partial charge in [-0.05, 0) is 93.6 Å². The van der Waals surface area contributed by atoms with Crippen molar-refractivity contribution in [2.75, 3.05) is 32.7 Å². The molecule has 1 atom stereocenters. The van der Waals surface area contributed by atoms with Gasteiger partial charge >= 0.3 is 23.9 Å². The number of halogens is 2. The fourth-order valence-corrected chi connectivity index (χ4v) is 5.56. The molecule has 5 N–H and O–H groups in total. The minimum absolute atomic E-state index is 0.0635. The molecule has 1 unspecified atom stereocenters. The van der Waals surface area contributed by atoms with Crippen molar-refractivity contribution in [2.24, 2.45) is 0 Å².